The lowest BCUT2D eigenvalue weighted by Crippen LogP contribution is -2.12. The molecule has 2 heterocycles. The van der Waals surface area contributed by atoms with Gasteiger partial charge in [-0.3, -0.25) is 19.8 Å². The van der Waals surface area contributed by atoms with Crippen molar-refractivity contribution in [2.45, 2.75) is 0 Å². The average molecular weight is 793 g/mol. The van der Waals surface area contributed by atoms with Crippen LogP contribution in [0.4, 0.5) is 34.4 Å². The van der Waals surface area contributed by atoms with E-state index in [4.69, 9.17) is 19.9 Å². The SMILES string of the molecule is c1ccc(N(c2ccc3ccccc3c2)c2cnc(-c3cc4cccc5c(-c6cnc(N(c7ccccc7)c7ccc8ccccc8c7)cn6)cc6cccc3c6c45)cn2)cc1. The minimum atomic E-state index is 0.744. The van der Waals surface area contributed by atoms with E-state index < -0.39 is 0 Å². The van der Waals surface area contributed by atoms with Gasteiger partial charge >= 0.3 is 0 Å². The minimum absolute atomic E-state index is 0.744. The summed E-state index contributed by atoms with van der Waals surface area (Å²) in [7, 11) is 0. The zero-order chi connectivity index (χ0) is 41.0. The molecule has 0 aliphatic heterocycles. The first kappa shape index (κ1) is 35.5. The van der Waals surface area contributed by atoms with Crippen LogP contribution >= 0.6 is 0 Å². The van der Waals surface area contributed by atoms with Gasteiger partial charge in [-0.15, -0.1) is 0 Å². The molecule has 0 atom stereocenters. The summed E-state index contributed by atoms with van der Waals surface area (Å²) in [6.07, 6.45) is 7.59. The molecule has 12 aromatic rings. The van der Waals surface area contributed by atoms with Crippen LogP contribution in [0.25, 0.3) is 76.4 Å². The summed E-state index contributed by atoms with van der Waals surface area (Å²) in [5.74, 6) is 1.49. The molecule has 2 aromatic heterocycles. The fourth-order valence-corrected chi connectivity index (χ4v) is 9.04. The maximum absolute atomic E-state index is 5.11. The molecule has 0 N–H and O–H groups in total. The Bertz CT molecular complexity index is 3330. The van der Waals surface area contributed by atoms with E-state index in [1.165, 1.54) is 32.3 Å². The van der Waals surface area contributed by atoms with Crippen molar-refractivity contribution >= 4 is 88.2 Å². The summed E-state index contributed by atoms with van der Waals surface area (Å²) in [5.41, 5.74) is 7.78. The third kappa shape index (κ3) is 6.04. The zero-order valence-electron chi connectivity index (χ0n) is 33.5. The van der Waals surface area contributed by atoms with Crippen LogP contribution in [0.2, 0.25) is 0 Å². The molecule has 0 spiro atoms. The summed E-state index contributed by atoms with van der Waals surface area (Å²) in [6.45, 7) is 0. The average Bonchev–Trinajstić information content (AvgIpc) is 3.34. The molecular weight excluding hydrogens is 757 g/mol. The maximum Gasteiger partial charge on any atom is 0.156 e. The monoisotopic (exact) mass is 792 g/mol. The molecule has 0 amide bonds. The third-order valence-electron chi connectivity index (χ3n) is 11.9. The normalized spacial score (nSPS) is 11.5. The second-order valence-electron chi connectivity index (χ2n) is 15.6. The number of rotatable bonds is 8. The van der Waals surface area contributed by atoms with Crippen LogP contribution < -0.4 is 9.80 Å². The van der Waals surface area contributed by atoms with Gasteiger partial charge in [-0.2, -0.15) is 0 Å². The Morgan fingerprint density at radius 1 is 0.274 bits per heavy atom. The van der Waals surface area contributed by atoms with Crippen LogP contribution in [0, 0.1) is 0 Å². The van der Waals surface area contributed by atoms with Gasteiger partial charge in [0, 0.05) is 33.9 Å². The number of nitrogens with zero attached hydrogens (tertiary/aromatic N) is 6. The van der Waals surface area contributed by atoms with E-state index in [1.807, 2.05) is 36.9 Å². The van der Waals surface area contributed by atoms with Crippen molar-refractivity contribution in [2.24, 2.45) is 0 Å². The smallest absolute Gasteiger partial charge is 0.156 e. The highest BCUT2D eigenvalue weighted by atomic mass is 15.2. The van der Waals surface area contributed by atoms with Crippen molar-refractivity contribution < 1.29 is 0 Å². The molecule has 0 aliphatic rings. The second kappa shape index (κ2) is 14.7. The van der Waals surface area contributed by atoms with Crippen molar-refractivity contribution in [3.63, 3.8) is 0 Å². The van der Waals surface area contributed by atoms with Gasteiger partial charge in [-0.05, 0) is 115 Å². The Morgan fingerprint density at radius 2 is 0.677 bits per heavy atom. The molecule has 0 bridgehead atoms. The van der Waals surface area contributed by atoms with Gasteiger partial charge < -0.3 is 0 Å². The van der Waals surface area contributed by atoms with E-state index in [0.29, 0.717) is 0 Å². The summed E-state index contributed by atoms with van der Waals surface area (Å²) in [5, 5.41) is 11.6. The molecule has 12 rings (SSSR count). The van der Waals surface area contributed by atoms with E-state index in [0.717, 1.165) is 78.4 Å². The molecule has 0 unspecified atom stereocenters. The summed E-state index contributed by atoms with van der Waals surface area (Å²) >= 11 is 0. The van der Waals surface area contributed by atoms with Crippen molar-refractivity contribution in [1.82, 2.24) is 19.9 Å². The van der Waals surface area contributed by atoms with Gasteiger partial charge in [0.2, 0.25) is 0 Å². The van der Waals surface area contributed by atoms with E-state index in [1.54, 1.807) is 0 Å². The van der Waals surface area contributed by atoms with E-state index in [-0.39, 0.29) is 0 Å². The molecule has 290 valence electrons. The quantitative estimate of drug-likeness (QED) is 0.143. The fraction of sp³-hybridized carbons (Fsp3) is 0. The Balaban J connectivity index is 0.935. The van der Waals surface area contributed by atoms with E-state index >= 15 is 0 Å². The summed E-state index contributed by atoms with van der Waals surface area (Å²) in [6, 6.07) is 68.1. The lowest BCUT2D eigenvalue weighted by atomic mass is 9.87. The van der Waals surface area contributed by atoms with Crippen LogP contribution in [0.5, 0.6) is 0 Å². The van der Waals surface area contributed by atoms with Crippen LogP contribution in [-0.4, -0.2) is 19.9 Å². The van der Waals surface area contributed by atoms with Gasteiger partial charge in [-0.25, -0.2) is 9.97 Å². The van der Waals surface area contributed by atoms with Crippen molar-refractivity contribution in [3.8, 4) is 22.5 Å². The molecule has 6 nitrogen and oxygen atoms in total. The van der Waals surface area contributed by atoms with Gasteiger partial charge in [0.1, 0.15) is 0 Å². The topological polar surface area (TPSA) is 58.0 Å². The lowest BCUT2D eigenvalue weighted by molar-refractivity contribution is 1.13. The number of anilines is 6. The van der Waals surface area contributed by atoms with E-state index in [2.05, 4.69) is 192 Å². The molecule has 6 heteroatoms. The fourth-order valence-electron chi connectivity index (χ4n) is 9.04. The molecule has 0 saturated heterocycles. The number of hydrogen-bond donors (Lipinski definition) is 0. The number of hydrogen-bond acceptors (Lipinski definition) is 6. The number of aromatic nitrogens is 4. The molecule has 62 heavy (non-hydrogen) atoms. The highest BCUT2D eigenvalue weighted by molar-refractivity contribution is 6.28. The Hall–Kier alpha value is -8.48. The molecule has 0 fully saturated rings. The Kier molecular flexibility index (Phi) is 8.38. The van der Waals surface area contributed by atoms with Crippen LogP contribution in [-0.2, 0) is 0 Å². The highest BCUT2D eigenvalue weighted by Gasteiger charge is 2.21. The highest BCUT2D eigenvalue weighted by Crippen LogP contribution is 2.44. The first-order valence-electron chi connectivity index (χ1n) is 20.8. The maximum atomic E-state index is 5.11. The van der Waals surface area contributed by atoms with Gasteiger partial charge in [-0.1, -0.05) is 133 Å². The number of para-hydroxylation sites is 2. The van der Waals surface area contributed by atoms with Crippen molar-refractivity contribution in [3.05, 3.63) is 219 Å². The van der Waals surface area contributed by atoms with Gasteiger partial charge in [0.05, 0.1) is 36.2 Å². The minimum Gasteiger partial charge on any atom is -0.294 e. The molecule has 10 aromatic carbocycles. The van der Waals surface area contributed by atoms with E-state index in [9.17, 15) is 0 Å². The van der Waals surface area contributed by atoms with Crippen LogP contribution in [0.3, 0.4) is 0 Å². The molecular formula is C56H36N6. The number of fused-ring (bicyclic) bond motifs is 2. The second-order valence-corrected chi connectivity index (χ2v) is 15.6. The predicted octanol–water partition coefficient (Wildman–Crippen LogP) is 14.7. The molecule has 0 radical (unpaired) electrons. The molecule has 0 aliphatic carbocycles. The third-order valence-corrected chi connectivity index (χ3v) is 11.9. The van der Waals surface area contributed by atoms with Crippen LogP contribution in [0.15, 0.2) is 219 Å². The predicted molar refractivity (Wildman–Crippen MR) is 257 cm³/mol. The summed E-state index contributed by atoms with van der Waals surface area (Å²) < 4.78 is 0. The van der Waals surface area contributed by atoms with Gasteiger partial charge in [0.15, 0.2) is 11.6 Å². The Morgan fingerprint density at radius 3 is 1.10 bits per heavy atom. The summed E-state index contributed by atoms with van der Waals surface area (Å²) in [4.78, 5) is 24.7. The molecule has 0 saturated carbocycles. The largest absolute Gasteiger partial charge is 0.294 e. The van der Waals surface area contributed by atoms with Crippen molar-refractivity contribution in [2.75, 3.05) is 9.80 Å². The Labute approximate surface area is 358 Å². The standard InChI is InChI=1S/C56H36N6/c1-3-19-43(20-4-1)61(45-27-25-37-13-7-9-15-39(37)29-45)53-35-57-51(33-59-53)49-31-41-17-12-24-48-50(32-42-18-11-23-47(49)55(42)56(41)48)52-34-60-54(36-58-52)62(44-21-5-2-6-22-44)46-28-26-38-14-8-10-16-40(38)30-46/h1-36H. The lowest BCUT2D eigenvalue weighted by Gasteiger charge is -2.24. The first-order chi connectivity index (χ1) is 30.7. The van der Waals surface area contributed by atoms with Crippen LogP contribution in [0.1, 0.15) is 0 Å². The van der Waals surface area contributed by atoms with Crippen molar-refractivity contribution in [1.29, 1.82) is 0 Å². The first-order valence-corrected chi connectivity index (χ1v) is 20.8. The zero-order valence-corrected chi connectivity index (χ0v) is 33.5. The number of benzene rings is 10. The van der Waals surface area contributed by atoms with Gasteiger partial charge in [0.25, 0.3) is 0 Å².